The van der Waals surface area contributed by atoms with Gasteiger partial charge in [0.05, 0.1) is 6.54 Å². The Morgan fingerprint density at radius 3 is 2.86 bits per heavy atom. The number of hydrogen-bond acceptors (Lipinski definition) is 6. The molecule has 1 unspecified atom stereocenters. The smallest absolute Gasteiger partial charge is 0.240 e. The minimum Gasteiger partial charge on any atom is -0.368 e. The number of primary amides is 1. The molecule has 2 rings (SSSR count). The van der Waals surface area contributed by atoms with Gasteiger partial charge in [0.1, 0.15) is 17.4 Å². The van der Waals surface area contributed by atoms with Gasteiger partial charge in [-0.1, -0.05) is 23.5 Å². The van der Waals surface area contributed by atoms with Gasteiger partial charge in [-0.2, -0.15) is 0 Å². The summed E-state index contributed by atoms with van der Waals surface area (Å²) in [7, 11) is 1.56. The first-order valence-electron chi connectivity index (χ1n) is 6.28. The fraction of sp³-hybridized carbons (Fsp3) is 0.231. The Kier molecular flexibility index (Phi) is 5.12. The Labute approximate surface area is 129 Å². The van der Waals surface area contributed by atoms with Gasteiger partial charge in [-0.15, -0.1) is 10.2 Å². The lowest BCUT2D eigenvalue weighted by Crippen LogP contribution is -2.39. The molecule has 0 spiro atoms. The molecular formula is C13H14FN5O2S. The number of carbonyl (C=O) groups is 2. The fourth-order valence-corrected chi connectivity index (χ4v) is 2.48. The Morgan fingerprint density at radius 2 is 2.27 bits per heavy atom. The van der Waals surface area contributed by atoms with Crippen molar-refractivity contribution < 1.29 is 14.0 Å². The molecule has 116 valence electrons. The molecule has 0 saturated carbocycles. The third-order valence-corrected chi connectivity index (χ3v) is 3.48. The summed E-state index contributed by atoms with van der Waals surface area (Å²) in [6.07, 6.45) is 0. The number of rotatable bonds is 6. The minimum absolute atomic E-state index is 0.107. The number of nitrogens with one attached hydrogen (secondary N) is 1. The third kappa shape index (κ3) is 4.06. The van der Waals surface area contributed by atoms with E-state index in [9.17, 15) is 14.0 Å². The molecule has 7 nitrogen and oxygen atoms in total. The second-order valence-corrected chi connectivity index (χ2v) is 5.40. The number of nitrogens with zero attached hydrogens (tertiary/aromatic N) is 3. The highest BCUT2D eigenvalue weighted by molar-refractivity contribution is 7.13. The van der Waals surface area contributed by atoms with Crippen LogP contribution in [-0.4, -0.2) is 40.5 Å². The van der Waals surface area contributed by atoms with Crippen molar-refractivity contribution in [1.29, 1.82) is 0 Å². The first-order chi connectivity index (χ1) is 10.5. The largest absolute Gasteiger partial charge is 0.368 e. The molecular weight excluding hydrogens is 309 g/mol. The summed E-state index contributed by atoms with van der Waals surface area (Å²) in [5.41, 5.74) is 7.25. The zero-order valence-corrected chi connectivity index (χ0v) is 12.5. The van der Waals surface area contributed by atoms with Crippen LogP contribution in [0.4, 0.5) is 9.52 Å². The molecule has 0 fully saturated rings. The van der Waals surface area contributed by atoms with Crippen molar-refractivity contribution in [1.82, 2.24) is 15.1 Å². The second-order valence-electron chi connectivity index (χ2n) is 4.57. The summed E-state index contributed by atoms with van der Waals surface area (Å²) < 4.78 is 13.3. The summed E-state index contributed by atoms with van der Waals surface area (Å²) in [6.45, 7) is -0.107. The highest BCUT2D eigenvalue weighted by atomic mass is 32.1. The van der Waals surface area contributed by atoms with Crippen LogP contribution in [0.25, 0.3) is 0 Å². The van der Waals surface area contributed by atoms with Gasteiger partial charge in [-0.3, -0.25) is 19.8 Å². The van der Waals surface area contributed by atoms with Crippen molar-refractivity contribution in [3.05, 3.63) is 41.2 Å². The number of aromatic nitrogens is 2. The number of likely N-dealkylation sites (N-methyl/N-ethyl adjacent to an activating group) is 1. The summed E-state index contributed by atoms with van der Waals surface area (Å²) >= 11 is 1.18. The SMILES string of the molecule is CN(CC(=O)Nc1nncs1)C(C(N)=O)c1cccc(F)c1. The molecule has 1 heterocycles. The quantitative estimate of drug-likeness (QED) is 0.818. The van der Waals surface area contributed by atoms with Crippen molar-refractivity contribution in [2.75, 3.05) is 18.9 Å². The van der Waals surface area contributed by atoms with Crippen LogP contribution < -0.4 is 11.1 Å². The predicted octanol–water partition coefficient (Wildman–Crippen LogP) is 0.774. The van der Waals surface area contributed by atoms with Gasteiger partial charge in [0, 0.05) is 0 Å². The van der Waals surface area contributed by atoms with E-state index in [0.29, 0.717) is 10.7 Å². The molecule has 9 heteroatoms. The lowest BCUT2D eigenvalue weighted by Gasteiger charge is -2.25. The number of halogens is 1. The van der Waals surface area contributed by atoms with E-state index in [1.54, 1.807) is 13.1 Å². The van der Waals surface area contributed by atoms with Gasteiger partial charge in [-0.05, 0) is 24.7 Å². The van der Waals surface area contributed by atoms with Crippen LogP contribution in [0.1, 0.15) is 11.6 Å². The van der Waals surface area contributed by atoms with Gasteiger partial charge in [0.15, 0.2) is 0 Å². The molecule has 0 aliphatic rings. The minimum atomic E-state index is -0.907. The Morgan fingerprint density at radius 1 is 1.50 bits per heavy atom. The lowest BCUT2D eigenvalue weighted by atomic mass is 10.0. The van der Waals surface area contributed by atoms with Gasteiger partial charge < -0.3 is 5.73 Å². The Balaban J connectivity index is 2.08. The van der Waals surface area contributed by atoms with Crippen molar-refractivity contribution in [2.24, 2.45) is 5.73 Å². The van der Waals surface area contributed by atoms with E-state index in [4.69, 9.17) is 5.73 Å². The lowest BCUT2D eigenvalue weighted by molar-refractivity contribution is -0.124. The average Bonchev–Trinajstić information content (AvgIpc) is 2.90. The zero-order valence-electron chi connectivity index (χ0n) is 11.7. The first-order valence-corrected chi connectivity index (χ1v) is 7.16. The number of amides is 2. The molecule has 0 aliphatic carbocycles. The maximum atomic E-state index is 13.3. The Bertz CT molecular complexity index is 664. The van der Waals surface area contributed by atoms with Gasteiger partial charge >= 0.3 is 0 Å². The number of nitrogens with two attached hydrogens (primary N) is 1. The van der Waals surface area contributed by atoms with Crippen LogP contribution >= 0.6 is 11.3 Å². The van der Waals surface area contributed by atoms with Gasteiger partial charge in [-0.25, -0.2) is 4.39 Å². The average molecular weight is 323 g/mol. The summed E-state index contributed by atoms with van der Waals surface area (Å²) in [4.78, 5) is 25.0. The van der Waals surface area contributed by atoms with E-state index in [-0.39, 0.29) is 12.5 Å². The van der Waals surface area contributed by atoms with Crippen LogP contribution in [0.15, 0.2) is 29.8 Å². The summed E-state index contributed by atoms with van der Waals surface area (Å²) in [6, 6.07) is 4.64. The molecule has 2 aromatic rings. The zero-order chi connectivity index (χ0) is 16.1. The van der Waals surface area contributed by atoms with Crippen molar-refractivity contribution in [2.45, 2.75) is 6.04 Å². The maximum absolute atomic E-state index is 13.3. The second kappa shape index (κ2) is 7.05. The molecule has 0 aliphatic heterocycles. The van der Waals surface area contributed by atoms with E-state index >= 15 is 0 Å². The molecule has 3 N–H and O–H groups in total. The summed E-state index contributed by atoms with van der Waals surface area (Å²) in [5.74, 6) is -1.52. The molecule has 0 radical (unpaired) electrons. The van der Waals surface area contributed by atoms with Crippen LogP contribution in [0.3, 0.4) is 0 Å². The van der Waals surface area contributed by atoms with E-state index in [1.807, 2.05) is 0 Å². The van der Waals surface area contributed by atoms with Crippen molar-refractivity contribution >= 4 is 28.3 Å². The molecule has 22 heavy (non-hydrogen) atoms. The molecule has 1 atom stereocenters. The van der Waals surface area contributed by atoms with Gasteiger partial charge in [0.25, 0.3) is 0 Å². The highest BCUT2D eigenvalue weighted by Crippen LogP contribution is 2.20. The van der Waals surface area contributed by atoms with E-state index in [2.05, 4.69) is 15.5 Å². The summed E-state index contributed by atoms with van der Waals surface area (Å²) in [5, 5.41) is 10.2. The molecule has 2 amide bonds. The fourth-order valence-electron chi connectivity index (χ4n) is 2.02. The standard InChI is InChI=1S/C13H14FN5O2S/c1-19(6-10(20)17-13-18-16-7-22-13)11(12(15)21)8-3-2-4-9(14)5-8/h2-5,7,11H,6H2,1H3,(H2,15,21)(H,17,18,20). The van der Waals surface area contributed by atoms with Crippen molar-refractivity contribution in [3.63, 3.8) is 0 Å². The topological polar surface area (TPSA) is 101 Å². The number of carbonyl (C=O) groups excluding carboxylic acids is 2. The molecule has 1 aromatic carbocycles. The monoisotopic (exact) mass is 323 g/mol. The normalized spacial score (nSPS) is 12.1. The molecule has 0 saturated heterocycles. The molecule has 1 aromatic heterocycles. The Hall–Kier alpha value is -2.39. The highest BCUT2D eigenvalue weighted by Gasteiger charge is 2.25. The van der Waals surface area contributed by atoms with E-state index in [1.165, 1.54) is 39.9 Å². The van der Waals surface area contributed by atoms with Crippen LogP contribution in [0, 0.1) is 5.82 Å². The van der Waals surface area contributed by atoms with Gasteiger partial charge in [0.2, 0.25) is 16.9 Å². The predicted molar refractivity (Wildman–Crippen MR) is 79.5 cm³/mol. The third-order valence-electron chi connectivity index (χ3n) is 2.87. The number of anilines is 1. The number of hydrogen-bond donors (Lipinski definition) is 2. The van der Waals surface area contributed by atoms with Crippen molar-refractivity contribution in [3.8, 4) is 0 Å². The first kappa shape index (κ1) is 16.0. The van der Waals surface area contributed by atoms with E-state index in [0.717, 1.165) is 0 Å². The van der Waals surface area contributed by atoms with E-state index < -0.39 is 17.8 Å². The van der Waals surface area contributed by atoms with Crippen LogP contribution in [-0.2, 0) is 9.59 Å². The molecule has 0 bridgehead atoms. The number of benzene rings is 1. The van der Waals surface area contributed by atoms with Crippen LogP contribution in [0.2, 0.25) is 0 Å². The maximum Gasteiger partial charge on any atom is 0.240 e. The van der Waals surface area contributed by atoms with Crippen LogP contribution in [0.5, 0.6) is 0 Å².